The van der Waals surface area contributed by atoms with E-state index in [9.17, 15) is 0 Å². The van der Waals surface area contributed by atoms with Crippen molar-refractivity contribution in [3.8, 4) is 0 Å². The Morgan fingerprint density at radius 3 is 1.65 bits per heavy atom. The minimum atomic E-state index is -1.95. The zero-order chi connectivity index (χ0) is 14.3. The van der Waals surface area contributed by atoms with Gasteiger partial charge in [0, 0.05) is 0 Å². The molecule has 20 heavy (non-hydrogen) atoms. The first-order chi connectivity index (χ1) is 9.77. The fourth-order valence-corrected chi connectivity index (χ4v) is 9.76. The van der Waals surface area contributed by atoms with Crippen LogP contribution in [0.25, 0.3) is 0 Å². The van der Waals surface area contributed by atoms with E-state index < -0.39 is 13.6 Å². The van der Waals surface area contributed by atoms with Crippen molar-refractivity contribution < 1.29 is 0 Å². The minimum absolute atomic E-state index is 1.32. The summed E-state index contributed by atoms with van der Waals surface area (Å²) in [5, 5.41) is 1.40. The average Bonchev–Trinajstić information content (AvgIpc) is 2.53. The second kappa shape index (κ2) is 7.69. The van der Waals surface area contributed by atoms with Gasteiger partial charge < -0.3 is 0 Å². The predicted octanol–water partition coefficient (Wildman–Crippen LogP) is 4.46. The quantitative estimate of drug-likeness (QED) is 0.520. The van der Waals surface area contributed by atoms with Crippen LogP contribution >= 0.6 is 0 Å². The summed E-state index contributed by atoms with van der Waals surface area (Å²) in [7, 11) is 0. The van der Waals surface area contributed by atoms with Crippen LogP contribution in [0.5, 0.6) is 0 Å². The molecule has 0 N–H and O–H groups in total. The first-order valence-corrected chi connectivity index (χ1v) is 12.8. The van der Waals surface area contributed by atoms with Crippen LogP contribution in [0.4, 0.5) is 0 Å². The molecular weight excluding hydrogens is 303 g/mol. The molecule has 0 heterocycles. The predicted molar refractivity (Wildman–Crippen MR) is 92.7 cm³/mol. The van der Waals surface area contributed by atoms with Crippen molar-refractivity contribution in [3.05, 3.63) is 60.7 Å². The molecule has 1 heteroatoms. The van der Waals surface area contributed by atoms with E-state index in [4.69, 9.17) is 0 Å². The second-order valence-electron chi connectivity index (χ2n) is 5.65. The van der Waals surface area contributed by atoms with Gasteiger partial charge in [-0.05, 0) is 0 Å². The summed E-state index contributed by atoms with van der Waals surface area (Å²) in [6.45, 7) is 2.29. The van der Waals surface area contributed by atoms with Crippen molar-refractivity contribution in [2.45, 2.75) is 43.5 Å². The third kappa shape index (κ3) is 3.76. The van der Waals surface area contributed by atoms with E-state index in [1.165, 1.54) is 30.9 Å². The van der Waals surface area contributed by atoms with Crippen molar-refractivity contribution >= 4 is 22.3 Å². The molecule has 0 unspecified atom stereocenters. The van der Waals surface area contributed by atoms with Crippen molar-refractivity contribution in [2.75, 3.05) is 0 Å². The first-order valence-electron chi connectivity index (χ1n) is 7.74. The summed E-state index contributed by atoms with van der Waals surface area (Å²) in [6.07, 6.45) is 5.45. The van der Waals surface area contributed by atoms with E-state index in [1.807, 2.05) is 0 Å². The number of unbranched alkanes of at least 4 members (excludes halogenated alkanes) is 3. The van der Waals surface area contributed by atoms with Crippen LogP contribution in [-0.2, 0) is 0 Å². The van der Waals surface area contributed by atoms with E-state index in [2.05, 4.69) is 73.3 Å². The van der Waals surface area contributed by atoms with Crippen LogP contribution in [0.15, 0.2) is 60.7 Å². The zero-order valence-corrected chi connectivity index (χ0v) is 14.6. The Hall–Kier alpha value is -1.00. The Morgan fingerprint density at radius 1 is 0.700 bits per heavy atom. The molecule has 0 spiro atoms. The van der Waals surface area contributed by atoms with Gasteiger partial charge in [-0.2, -0.15) is 0 Å². The van der Waals surface area contributed by atoms with Crippen molar-refractivity contribution in [2.24, 2.45) is 0 Å². The molecule has 0 aliphatic heterocycles. The summed E-state index contributed by atoms with van der Waals surface area (Å²) in [6, 6.07) is 22.4. The molecule has 0 radical (unpaired) electrons. The molecule has 2 rings (SSSR count). The normalized spacial score (nSPS) is 11.5. The molecule has 0 amide bonds. The van der Waals surface area contributed by atoms with Crippen LogP contribution in [0.1, 0.15) is 32.6 Å². The Morgan fingerprint density at radius 2 is 1.20 bits per heavy atom. The van der Waals surface area contributed by atoms with Gasteiger partial charge in [0.15, 0.2) is 0 Å². The van der Waals surface area contributed by atoms with E-state index in [0.717, 1.165) is 0 Å². The Balaban J connectivity index is 2.24. The number of benzene rings is 2. The van der Waals surface area contributed by atoms with E-state index in [1.54, 1.807) is 8.70 Å². The van der Waals surface area contributed by atoms with Gasteiger partial charge in [0.05, 0.1) is 0 Å². The van der Waals surface area contributed by atoms with Crippen molar-refractivity contribution in [1.82, 2.24) is 0 Å². The molecule has 0 aliphatic carbocycles. The van der Waals surface area contributed by atoms with Crippen LogP contribution in [0.3, 0.4) is 0 Å². The Bertz CT molecular complexity index is 450. The van der Waals surface area contributed by atoms with Gasteiger partial charge >= 0.3 is 126 Å². The van der Waals surface area contributed by atoms with Crippen LogP contribution in [0.2, 0.25) is 10.9 Å². The SMILES string of the molecule is CCCCCC[As+](C)(c1ccccc1)c1ccccc1. The first kappa shape index (κ1) is 15.4. The molecule has 106 valence electrons. The second-order valence-corrected chi connectivity index (χ2v) is 13.8. The monoisotopic (exact) mass is 329 g/mol. The molecule has 0 atom stereocenters. The van der Waals surface area contributed by atoms with Crippen LogP contribution in [0, 0.1) is 0 Å². The summed E-state index contributed by atoms with van der Waals surface area (Å²) in [5.74, 6) is 0. The van der Waals surface area contributed by atoms with Gasteiger partial charge in [-0.1, -0.05) is 0 Å². The van der Waals surface area contributed by atoms with Crippen molar-refractivity contribution in [3.63, 3.8) is 0 Å². The Kier molecular flexibility index (Phi) is 5.92. The molecule has 0 fully saturated rings. The topological polar surface area (TPSA) is 0 Å². The maximum atomic E-state index is 2.56. The molecule has 2 aromatic carbocycles. The van der Waals surface area contributed by atoms with Gasteiger partial charge in [-0.3, -0.25) is 0 Å². The zero-order valence-electron chi connectivity index (χ0n) is 12.8. The molecule has 0 saturated carbocycles. The fourth-order valence-electron chi connectivity index (χ4n) is 2.78. The van der Waals surface area contributed by atoms with Crippen LogP contribution < -0.4 is 8.70 Å². The number of hydrogen-bond acceptors (Lipinski definition) is 0. The molecule has 0 bridgehead atoms. The van der Waals surface area contributed by atoms with E-state index >= 15 is 0 Å². The maximum absolute atomic E-state index is 2.56. The van der Waals surface area contributed by atoms with Gasteiger partial charge in [0.2, 0.25) is 0 Å². The molecule has 2 aromatic rings. The van der Waals surface area contributed by atoms with E-state index in [-0.39, 0.29) is 0 Å². The summed E-state index contributed by atoms with van der Waals surface area (Å²) >= 11 is -1.95. The molecule has 0 aliphatic rings. The fraction of sp³-hybridized carbons (Fsp3) is 0.368. The standard InChI is InChI=1S/C19H26As/c1-3-4-5-12-17-20(2,18-13-8-6-9-14-18)19-15-10-7-11-16-19/h6-11,13-16H,3-5,12,17H2,1-2H3/q+1. The average molecular weight is 329 g/mol. The van der Waals surface area contributed by atoms with Gasteiger partial charge in [-0.25, -0.2) is 0 Å². The van der Waals surface area contributed by atoms with Crippen molar-refractivity contribution in [1.29, 1.82) is 0 Å². The third-order valence-corrected chi connectivity index (χ3v) is 12.7. The summed E-state index contributed by atoms with van der Waals surface area (Å²) < 4.78 is 3.21. The van der Waals surface area contributed by atoms with Gasteiger partial charge in [0.25, 0.3) is 0 Å². The molecule has 0 nitrogen and oxygen atoms in total. The summed E-state index contributed by atoms with van der Waals surface area (Å²) in [5.41, 5.74) is 2.56. The Labute approximate surface area is 126 Å². The molecule has 0 saturated heterocycles. The summed E-state index contributed by atoms with van der Waals surface area (Å²) in [4.78, 5) is 0. The number of rotatable bonds is 7. The number of hydrogen-bond donors (Lipinski definition) is 0. The van der Waals surface area contributed by atoms with E-state index in [0.29, 0.717) is 0 Å². The third-order valence-electron chi connectivity index (χ3n) is 4.11. The van der Waals surface area contributed by atoms with Crippen LogP contribution in [-0.4, -0.2) is 13.6 Å². The van der Waals surface area contributed by atoms with Gasteiger partial charge in [0.1, 0.15) is 0 Å². The molecular formula is C19H26As+. The van der Waals surface area contributed by atoms with Gasteiger partial charge in [-0.15, -0.1) is 0 Å². The molecule has 0 aromatic heterocycles.